The lowest BCUT2D eigenvalue weighted by atomic mass is 10.0. The summed E-state index contributed by atoms with van der Waals surface area (Å²) in [5.74, 6) is -0.802. The molecule has 1 fully saturated rings. The van der Waals surface area contributed by atoms with E-state index in [1.807, 2.05) is 6.92 Å². The zero-order chi connectivity index (χ0) is 11.9. The second-order valence-electron chi connectivity index (χ2n) is 3.61. The van der Waals surface area contributed by atoms with Gasteiger partial charge in [-0.05, 0) is 12.5 Å². The van der Waals surface area contributed by atoms with E-state index < -0.39 is 12.0 Å². The van der Waals surface area contributed by atoms with Crippen molar-refractivity contribution >= 4 is 36.0 Å². The number of aliphatic carboxylic acids is 1. The van der Waals surface area contributed by atoms with Gasteiger partial charge >= 0.3 is 5.97 Å². The van der Waals surface area contributed by atoms with Gasteiger partial charge in [-0.1, -0.05) is 12.2 Å². The van der Waals surface area contributed by atoms with Crippen LogP contribution in [0.25, 0.3) is 0 Å². The van der Waals surface area contributed by atoms with Gasteiger partial charge < -0.3 is 10.8 Å². The van der Waals surface area contributed by atoms with Gasteiger partial charge in [0.15, 0.2) is 0 Å². The molecule has 7 heteroatoms. The molecule has 2 aliphatic heterocycles. The van der Waals surface area contributed by atoms with Gasteiger partial charge in [0.25, 0.3) is 0 Å². The molecule has 0 aromatic heterocycles. The van der Waals surface area contributed by atoms with Crippen molar-refractivity contribution in [3.63, 3.8) is 0 Å². The molecule has 0 saturated carbocycles. The fraction of sp³-hybridized carbons (Fsp3) is 0.400. The number of allylic oxidation sites excluding steroid dienone is 2. The van der Waals surface area contributed by atoms with Crippen LogP contribution in [-0.4, -0.2) is 39.1 Å². The summed E-state index contributed by atoms with van der Waals surface area (Å²) in [4.78, 5) is 24.0. The first-order chi connectivity index (χ1) is 7.57. The lowest BCUT2D eigenvalue weighted by molar-refractivity contribution is -0.147. The average molecular weight is 277 g/mol. The Morgan fingerprint density at radius 1 is 1.65 bits per heavy atom. The number of carboxylic acid groups (broad SMARTS) is 1. The lowest BCUT2D eigenvalue weighted by Crippen LogP contribution is -2.68. The van der Waals surface area contributed by atoms with Gasteiger partial charge in [-0.25, -0.2) is 4.79 Å². The van der Waals surface area contributed by atoms with Crippen molar-refractivity contribution in [2.24, 2.45) is 5.73 Å². The first-order valence-corrected chi connectivity index (χ1v) is 5.92. The number of carbonyl (C=O) groups excluding carboxylic acids is 1. The topological polar surface area (TPSA) is 83.6 Å². The minimum absolute atomic E-state index is 0. The third kappa shape index (κ3) is 2.08. The van der Waals surface area contributed by atoms with E-state index in [0.717, 1.165) is 0 Å². The Morgan fingerprint density at radius 3 is 2.82 bits per heavy atom. The van der Waals surface area contributed by atoms with Crippen molar-refractivity contribution in [2.75, 3.05) is 5.75 Å². The van der Waals surface area contributed by atoms with Gasteiger partial charge in [0.2, 0.25) is 5.91 Å². The van der Waals surface area contributed by atoms with Crippen LogP contribution in [0.3, 0.4) is 0 Å². The molecular formula is C10H13ClN2O3S. The van der Waals surface area contributed by atoms with Crippen LogP contribution in [0, 0.1) is 0 Å². The van der Waals surface area contributed by atoms with Crippen molar-refractivity contribution in [3.8, 4) is 0 Å². The van der Waals surface area contributed by atoms with Crippen molar-refractivity contribution < 1.29 is 14.7 Å². The van der Waals surface area contributed by atoms with Crippen LogP contribution in [-0.2, 0) is 9.59 Å². The van der Waals surface area contributed by atoms with Gasteiger partial charge in [-0.3, -0.25) is 9.69 Å². The zero-order valence-corrected chi connectivity index (χ0v) is 10.8. The Balaban J connectivity index is 0.00000144. The third-order valence-corrected chi connectivity index (χ3v) is 3.93. The number of hydrogen-bond donors (Lipinski definition) is 2. The van der Waals surface area contributed by atoms with Gasteiger partial charge in [0, 0.05) is 5.75 Å². The van der Waals surface area contributed by atoms with Crippen molar-refractivity contribution in [3.05, 3.63) is 23.4 Å². The highest BCUT2D eigenvalue weighted by molar-refractivity contribution is 8.00. The van der Waals surface area contributed by atoms with E-state index in [1.54, 1.807) is 12.2 Å². The first-order valence-electron chi connectivity index (χ1n) is 4.87. The van der Waals surface area contributed by atoms with Crippen molar-refractivity contribution in [1.82, 2.24) is 4.90 Å². The molecule has 2 aliphatic rings. The molecule has 5 nitrogen and oxygen atoms in total. The molecule has 2 atom stereocenters. The van der Waals surface area contributed by atoms with E-state index in [2.05, 4.69) is 0 Å². The maximum absolute atomic E-state index is 11.5. The molecule has 0 spiro atoms. The SMILES string of the molecule is C/C=C\C1=C(C(=O)O)N2C(=O)[C@@H](N)[C@H]2SC1.Cl. The van der Waals surface area contributed by atoms with Crippen molar-refractivity contribution in [1.29, 1.82) is 0 Å². The second kappa shape index (κ2) is 5.12. The molecule has 2 heterocycles. The molecule has 0 bridgehead atoms. The number of nitrogens with two attached hydrogens (primary N) is 1. The van der Waals surface area contributed by atoms with E-state index in [9.17, 15) is 9.59 Å². The number of carbonyl (C=O) groups is 2. The van der Waals surface area contributed by atoms with Crippen LogP contribution >= 0.6 is 24.2 Å². The molecule has 0 aromatic carbocycles. The number of thioether (sulfide) groups is 1. The number of fused-ring (bicyclic) bond motifs is 1. The molecule has 1 saturated heterocycles. The Bertz CT molecular complexity index is 422. The van der Waals surface area contributed by atoms with Gasteiger partial charge in [-0.15, -0.1) is 24.2 Å². The normalized spacial score (nSPS) is 27.6. The van der Waals surface area contributed by atoms with E-state index in [1.165, 1.54) is 16.7 Å². The van der Waals surface area contributed by atoms with Crippen LogP contribution in [0.5, 0.6) is 0 Å². The van der Waals surface area contributed by atoms with Crippen molar-refractivity contribution in [2.45, 2.75) is 18.3 Å². The summed E-state index contributed by atoms with van der Waals surface area (Å²) in [6, 6.07) is -0.563. The fourth-order valence-corrected chi connectivity index (χ4v) is 3.13. The summed E-state index contributed by atoms with van der Waals surface area (Å²) in [5.41, 5.74) is 6.35. The highest BCUT2D eigenvalue weighted by atomic mass is 35.5. The molecule has 0 aromatic rings. The van der Waals surface area contributed by atoms with Gasteiger partial charge in [0.05, 0.1) is 0 Å². The zero-order valence-electron chi connectivity index (χ0n) is 9.12. The monoisotopic (exact) mass is 276 g/mol. The van der Waals surface area contributed by atoms with E-state index in [0.29, 0.717) is 11.3 Å². The van der Waals surface area contributed by atoms with E-state index >= 15 is 0 Å². The molecule has 0 radical (unpaired) electrons. The maximum atomic E-state index is 11.5. The number of hydrogen-bond acceptors (Lipinski definition) is 4. The lowest BCUT2D eigenvalue weighted by Gasteiger charge is -2.47. The molecule has 94 valence electrons. The number of rotatable bonds is 2. The van der Waals surface area contributed by atoms with Crippen LogP contribution in [0.4, 0.5) is 0 Å². The van der Waals surface area contributed by atoms with Gasteiger partial charge in [0.1, 0.15) is 17.1 Å². The Morgan fingerprint density at radius 2 is 2.29 bits per heavy atom. The Labute approximate surface area is 109 Å². The largest absolute Gasteiger partial charge is 0.477 e. The molecule has 0 aliphatic carbocycles. The van der Waals surface area contributed by atoms with E-state index in [4.69, 9.17) is 10.8 Å². The Kier molecular flexibility index (Phi) is 4.24. The Hall–Kier alpha value is -0.980. The summed E-state index contributed by atoms with van der Waals surface area (Å²) in [6.45, 7) is 1.81. The predicted octanol–water partition coefficient (Wildman–Crippen LogP) is 0.565. The molecular weight excluding hydrogens is 264 g/mol. The summed E-state index contributed by atoms with van der Waals surface area (Å²) in [5, 5.41) is 8.91. The van der Waals surface area contributed by atoms with E-state index in [-0.39, 0.29) is 29.4 Å². The number of carboxylic acids is 1. The molecule has 2 rings (SSSR count). The summed E-state index contributed by atoms with van der Waals surface area (Å²) < 4.78 is 0. The molecule has 3 N–H and O–H groups in total. The molecule has 1 amide bonds. The quantitative estimate of drug-likeness (QED) is 0.720. The summed E-state index contributed by atoms with van der Waals surface area (Å²) >= 11 is 1.50. The fourth-order valence-electron chi connectivity index (χ4n) is 1.87. The number of amides is 1. The third-order valence-electron chi connectivity index (χ3n) is 2.61. The average Bonchev–Trinajstić information content (AvgIpc) is 2.27. The standard InChI is InChI=1S/C10H12N2O3S.ClH/c1-2-3-5-4-16-9-6(11)8(13)12(9)7(5)10(14)15;/h2-3,6,9H,4,11H2,1H3,(H,14,15);1H/b3-2-;/t6-,9-;/m1./s1. The minimum atomic E-state index is -1.07. The highest BCUT2D eigenvalue weighted by Crippen LogP contribution is 2.39. The van der Waals surface area contributed by atoms with Crippen LogP contribution in [0.15, 0.2) is 23.4 Å². The predicted molar refractivity (Wildman–Crippen MR) is 67.8 cm³/mol. The summed E-state index contributed by atoms with van der Waals surface area (Å²) in [7, 11) is 0. The number of β-lactam (4-membered cyclic amide) rings is 1. The minimum Gasteiger partial charge on any atom is -0.477 e. The summed E-state index contributed by atoms with van der Waals surface area (Å²) in [6.07, 6.45) is 3.49. The van der Waals surface area contributed by atoms with Crippen LogP contribution in [0.1, 0.15) is 6.92 Å². The second-order valence-corrected chi connectivity index (χ2v) is 4.72. The smallest absolute Gasteiger partial charge is 0.352 e. The highest BCUT2D eigenvalue weighted by Gasteiger charge is 2.51. The number of nitrogens with zero attached hydrogens (tertiary/aromatic N) is 1. The van der Waals surface area contributed by atoms with Crippen LogP contribution in [0.2, 0.25) is 0 Å². The molecule has 17 heavy (non-hydrogen) atoms. The first kappa shape index (κ1) is 14.1. The number of halogens is 1. The van der Waals surface area contributed by atoms with Gasteiger partial charge in [-0.2, -0.15) is 0 Å². The maximum Gasteiger partial charge on any atom is 0.352 e. The molecule has 0 unspecified atom stereocenters. The van der Waals surface area contributed by atoms with Crippen LogP contribution < -0.4 is 5.73 Å².